The van der Waals surface area contributed by atoms with E-state index in [0.29, 0.717) is 42.8 Å². The van der Waals surface area contributed by atoms with Crippen LogP contribution in [0.15, 0.2) is 36.9 Å². The molecule has 0 saturated carbocycles. The number of anilines is 2. The molecule has 0 saturated heterocycles. The molecule has 0 atom stereocenters. The Balaban J connectivity index is 1.81. The van der Waals surface area contributed by atoms with Crippen LogP contribution in [0.5, 0.6) is 11.5 Å². The Morgan fingerprint density at radius 1 is 1.25 bits per heavy atom. The van der Waals surface area contributed by atoms with Gasteiger partial charge in [0, 0.05) is 24.4 Å². The molecule has 7 nitrogen and oxygen atoms in total. The number of nitrogens with one attached hydrogen (secondary N) is 2. The van der Waals surface area contributed by atoms with Gasteiger partial charge in [-0.1, -0.05) is 6.08 Å². The molecule has 7 heteroatoms. The Kier molecular flexibility index (Phi) is 4.60. The standard InChI is InChI=1S/C17H18N4O3/c1-3-6-18-17(22)13-10-16(20-11(2)19-13)21-12-4-5-14-15(9-12)24-8-7-23-14/h3-5,9-10H,1,6-8H2,2H3,(H,18,22)(H,19,20,21). The SMILES string of the molecule is C=CCNC(=O)c1cc(Nc2ccc3c(c2)OCCO3)nc(C)n1. The molecule has 2 heterocycles. The van der Waals surface area contributed by atoms with Crippen molar-refractivity contribution in [1.29, 1.82) is 0 Å². The van der Waals surface area contributed by atoms with Crippen LogP contribution in [0, 0.1) is 6.92 Å². The molecule has 0 aliphatic carbocycles. The van der Waals surface area contributed by atoms with Gasteiger partial charge < -0.3 is 20.1 Å². The van der Waals surface area contributed by atoms with Crippen LogP contribution >= 0.6 is 0 Å². The van der Waals surface area contributed by atoms with Crippen LogP contribution in [0.1, 0.15) is 16.3 Å². The van der Waals surface area contributed by atoms with Gasteiger partial charge in [0.15, 0.2) is 11.5 Å². The van der Waals surface area contributed by atoms with Crippen molar-refractivity contribution < 1.29 is 14.3 Å². The lowest BCUT2D eigenvalue weighted by atomic mass is 10.2. The van der Waals surface area contributed by atoms with E-state index in [9.17, 15) is 4.79 Å². The molecule has 0 unspecified atom stereocenters. The van der Waals surface area contributed by atoms with Gasteiger partial charge in [-0.15, -0.1) is 6.58 Å². The highest BCUT2D eigenvalue weighted by Crippen LogP contribution is 2.33. The first-order chi connectivity index (χ1) is 11.7. The molecule has 1 amide bonds. The molecule has 1 aliphatic rings. The third-order valence-corrected chi connectivity index (χ3v) is 3.29. The number of ether oxygens (including phenoxy) is 2. The highest BCUT2D eigenvalue weighted by molar-refractivity contribution is 5.93. The molecule has 1 aromatic carbocycles. The lowest BCUT2D eigenvalue weighted by Gasteiger charge is -2.19. The van der Waals surface area contributed by atoms with E-state index < -0.39 is 0 Å². The summed E-state index contributed by atoms with van der Waals surface area (Å²) in [5, 5.41) is 5.86. The minimum Gasteiger partial charge on any atom is -0.486 e. The molecule has 1 aliphatic heterocycles. The number of hydrogen-bond donors (Lipinski definition) is 2. The summed E-state index contributed by atoms with van der Waals surface area (Å²) in [4.78, 5) is 20.5. The van der Waals surface area contributed by atoms with E-state index in [-0.39, 0.29) is 5.91 Å². The third-order valence-electron chi connectivity index (χ3n) is 3.29. The van der Waals surface area contributed by atoms with Gasteiger partial charge in [-0.25, -0.2) is 9.97 Å². The summed E-state index contributed by atoms with van der Waals surface area (Å²) in [7, 11) is 0. The van der Waals surface area contributed by atoms with Gasteiger partial charge in [0.25, 0.3) is 5.91 Å². The Bertz CT molecular complexity index is 776. The largest absolute Gasteiger partial charge is 0.486 e. The first kappa shape index (κ1) is 15.8. The predicted octanol–water partition coefficient (Wildman–Crippen LogP) is 2.22. The van der Waals surface area contributed by atoms with Crippen LogP contribution in [-0.2, 0) is 0 Å². The second-order valence-corrected chi connectivity index (χ2v) is 5.17. The van der Waals surface area contributed by atoms with Gasteiger partial charge >= 0.3 is 0 Å². The molecule has 3 rings (SSSR count). The van der Waals surface area contributed by atoms with Crippen LogP contribution in [0.25, 0.3) is 0 Å². The Labute approximate surface area is 139 Å². The molecular formula is C17H18N4O3. The van der Waals surface area contributed by atoms with Crippen molar-refractivity contribution in [2.24, 2.45) is 0 Å². The van der Waals surface area contributed by atoms with E-state index in [1.54, 1.807) is 19.1 Å². The van der Waals surface area contributed by atoms with Gasteiger partial charge in [-0.05, 0) is 19.1 Å². The van der Waals surface area contributed by atoms with E-state index in [1.807, 2.05) is 18.2 Å². The van der Waals surface area contributed by atoms with Crippen LogP contribution in [0.2, 0.25) is 0 Å². The predicted molar refractivity (Wildman–Crippen MR) is 90.0 cm³/mol. The highest BCUT2D eigenvalue weighted by atomic mass is 16.6. The van der Waals surface area contributed by atoms with Crippen molar-refractivity contribution in [2.45, 2.75) is 6.92 Å². The van der Waals surface area contributed by atoms with Gasteiger partial charge in [0.05, 0.1) is 0 Å². The van der Waals surface area contributed by atoms with Crippen molar-refractivity contribution in [1.82, 2.24) is 15.3 Å². The third kappa shape index (κ3) is 3.62. The maximum Gasteiger partial charge on any atom is 0.270 e. The first-order valence-electron chi connectivity index (χ1n) is 7.57. The summed E-state index contributed by atoms with van der Waals surface area (Å²) in [6, 6.07) is 7.14. The highest BCUT2D eigenvalue weighted by Gasteiger charge is 2.13. The molecule has 124 valence electrons. The second kappa shape index (κ2) is 6.99. The van der Waals surface area contributed by atoms with Crippen molar-refractivity contribution >= 4 is 17.4 Å². The van der Waals surface area contributed by atoms with Crippen LogP contribution in [0.4, 0.5) is 11.5 Å². The van der Waals surface area contributed by atoms with Crippen LogP contribution in [-0.4, -0.2) is 35.6 Å². The Hall–Kier alpha value is -3.09. The van der Waals surface area contributed by atoms with Crippen molar-refractivity contribution in [3.05, 3.63) is 48.4 Å². The molecule has 24 heavy (non-hydrogen) atoms. The average molecular weight is 326 g/mol. The lowest BCUT2D eigenvalue weighted by Crippen LogP contribution is -2.24. The van der Waals surface area contributed by atoms with Gasteiger partial charge in [0.1, 0.15) is 30.5 Å². The van der Waals surface area contributed by atoms with Gasteiger partial charge in [0.2, 0.25) is 0 Å². The normalized spacial score (nSPS) is 12.4. The van der Waals surface area contributed by atoms with Crippen molar-refractivity contribution in [3.8, 4) is 11.5 Å². The zero-order chi connectivity index (χ0) is 16.9. The molecule has 1 aromatic heterocycles. The monoisotopic (exact) mass is 326 g/mol. The first-order valence-corrected chi connectivity index (χ1v) is 7.57. The minimum absolute atomic E-state index is 0.273. The molecule has 2 aromatic rings. The minimum atomic E-state index is -0.273. The maximum atomic E-state index is 12.0. The number of carbonyl (C=O) groups excluding carboxylic acids is 1. The fourth-order valence-corrected chi connectivity index (χ4v) is 2.27. The van der Waals surface area contributed by atoms with E-state index in [1.165, 1.54) is 0 Å². The Morgan fingerprint density at radius 3 is 2.83 bits per heavy atom. The molecule has 0 bridgehead atoms. The van der Waals surface area contributed by atoms with Crippen molar-refractivity contribution in [3.63, 3.8) is 0 Å². The summed E-state index contributed by atoms with van der Waals surface area (Å²) in [5.41, 5.74) is 1.08. The number of hydrogen-bond acceptors (Lipinski definition) is 6. The lowest BCUT2D eigenvalue weighted by molar-refractivity contribution is 0.0952. The molecular weight excluding hydrogens is 308 g/mol. The fraction of sp³-hybridized carbons (Fsp3) is 0.235. The average Bonchev–Trinajstić information content (AvgIpc) is 2.59. The zero-order valence-electron chi connectivity index (χ0n) is 13.3. The smallest absolute Gasteiger partial charge is 0.270 e. The summed E-state index contributed by atoms with van der Waals surface area (Å²) >= 11 is 0. The summed E-state index contributed by atoms with van der Waals surface area (Å²) in [6.07, 6.45) is 1.61. The quantitative estimate of drug-likeness (QED) is 0.820. The fourth-order valence-electron chi connectivity index (χ4n) is 2.27. The van der Waals surface area contributed by atoms with Crippen molar-refractivity contribution in [2.75, 3.05) is 25.1 Å². The zero-order valence-corrected chi connectivity index (χ0v) is 13.3. The van der Waals surface area contributed by atoms with E-state index in [0.717, 1.165) is 11.4 Å². The summed E-state index contributed by atoms with van der Waals surface area (Å²) in [5.74, 6) is 2.16. The summed E-state index contributed by atoms with van der Waals surface area (Å²) < 4.78 is 11.1. The molecule has 0 spiro atoms. The number of benzene rings is 1. The number of aromatic nitrogens is 2. The summed E-state index contributed by atoms with van der Waals surface area (Å²) in [6.45, 7) is 6.76. The Morgan fingerprint density at radius 2 is 2.04 bits per heavy atom. The van der Waals surface area contributed by atoms with E-state index in [2.05, 4.69) is 27.2 Å². The number of nitrogens with zero attached hydrogens (tertiary/aromatic N) is 2. The number of fused-ring (bicyclic) bond motifs is 1. The second-order valence-electron chi connectivity index (χ2n) is 5.17. The van der Waals surface area contributed by atoms with Crippen LogP contribution in [0.3, 0.4) is 0 Å². The van der Waals surface area contributed by atoms with Gasteiger partial charge in [-0.2, -0.15) is 0 Å². The maximum absolute atomic E-state index is 12.0. The number of carbonyl (C=O) groups is 1. The number of amides is 1. The molecule has 0 radical (unpaired) electrons. The van der Waals surface area contributed by atoms with Crippen LogP contribution < -0.4 is 20.1 Å². The number of rotatable bonds is 5. The number of aryl methyl sites for hydroxylation is 1. The molecule has 2 N–H and O–H groups in total. The van der Waals surface area contributed by atoms with E-state index >= 15 is 0 Å². The van der Waals surface area contributed by atoms with E-state index in [4.69, 9.17) is 9.47 Å². The molecule has 0 fully saturated rings. The van der Waals surface area contributed by atoms with Gasteiger partial charge in [-0.3, -0.25) is 4.79 Å². The topological polar surface area (TPSA) is 85.4 Å².